The van der Waals surface area contributed by atoms with E-state index in [1.807, 2.05) is 44.2 Å². The number of aromatic nitrogens is 2. The largest absolute Gasteiger partial charge is 0.388 e. The van der Waals surface area contributed by atoms with Gasteiger partial charge in [-0.3, -0.25) is 0 Å². The van der Waals surface area contributed by atoms with Gasteiger partial charge in [-0.25, -0.2) is 0 Å². The molecule has 3 unspecified atom stereocenters. The smallest absolute Gasteiger partial charge is 0.232 e. The maximum absolute atomic E-state index is 10.3. The zero-order valence-electron chi connectivity index (χ0n) is 12.0. The number of rotatable bonds is 6. The highest BCUT2D eigenvalue weighted by atomic mass is 16.5. The van der Waals surface area contributed by atoms with Crippen LogP contribution >= 0.6 is 0 Å². The van der Waals surface area contributed by atoms with E-state index in [1.165, 1.54) is 0 Å². The van der Waals surface area contributed by atoms with Crippen molar-refractivity contribution in [2.24, 2.45) is 0 Å². The van der Waals surface area contributed by atoms with E-state index in [0.717, 1.165) is 12.0 Å². The number of aliphatic hydroxyl groups excluding tert-OH is 1. The van der Waals surface area contributed by atoms with Crippen molar-refractivity contribution in [3.05, 3.63) is 47.6 Å². The van der Waals surface area contributed by atoms with Gasteiger partial charge in [0.05, 0.1) is 12.0 Å². The Kier molecular flexibility index (Phi) is 4.87. The zero-order chi connectivity index (χ0) is 14.5. The molecule has 0 aliphatic rings. The van der Waals surface area contributed by atoms with E-state index in [4.69, 9.17) is 9.26 Å². The summed E-state index contributed by atoms with van der Waals surface area (Å²) in [6.45, 7) is 3.86. The first-order valence-electron chi connectivity index (χ1n) is 6.76. The Balaban J connectivity index is 2.15. The van der Waals surface area contributed by atoms with Crippen LogP contribution in [0.5, 0.6) is 0 Å². The second kappa shape index (κ2) is 6.63. The summed E-state index contributed by atoms with van der Waals surface area (Å²) in [4.78, 5) is 4.34. The molecule has 0 spiro atoms. The molecule has 5 nitrogen and oxygen atoms in total. The minimum absolute atomic E-state index is 0.173. The minimum atomic E-state index is -0.674. The van der Waals surface area contributed by atoms with Crippen LogP contribution in [0.2, 0.25) is 0 Å². The van der Waals surface area contributed by atoms with Crippen LogP contribution in [0, 0.1) is 0 Å². The van der Waals surface area contributed by atoms with Gasteiger partial charge in [0.2, 0.25) is 11.7 Å². The maximum Gasteiger partial charge on any atom is 0.232 e. The third kappa shape index (κ3) is 3.05. The van der Waals surface area contributed by atoms with E-state index in [-0.39, 0.29) is 12.0 Å². The Labute approximate surface area is 118 Å². The lowest BCUT2D eigenvalue weighted by Gasteiger charge is -2.15. The van der Waals surface area contributed by atoms with Crippen LogP contribution in [0.3, 0.4) is 0 Å². The van der Waals surface area contributed by atoms with Crippen LogP contribution in [0.25, 0.3) is 0 Å². The number of hydrogen-bond donors (Lipinski definition) is 1. The average molecular weight is 276 g/mol. The fourth-order valence-corrected chi connectivity index (χ4v) is 2.09. The van der Waals surface area contributed by atoms with Crippen molar-refractivity contribution in [1.29, 1.82) is 0 Å². The standard InChI is InChI=1S/C15H20N2O3/c1-4-12(19-3)14-16-15(20-17-14)10(2)13(18)11-8-6-5-7-9-11/h5-10,12-13,18H,4H2,1-3H3. The maximum atomic E-state index is 10.3. The lowest BCUT2D eigenvalue weighted by atomic mass is 9.97. The van der Waals surface area contributed by atoms with Crippen LogP contribution in [0.15, 0.2) is 34.9 Å². The highest BCUT2D eigenvalue weighted by Gasteiger charge is 2.25. The molecule has 1 aromatic carbocycles. The van der Waals surface area contributed by atoms with Crippen molar-refractivity contribution in [3.63, 3.8) is 0 Å². The topological polar surface area (TPSA) is 68.4 Å². The van der Waals surface area contributed by atoms with Gasteiger partial charge < -0.3 is 14.4 Å². The van der Waals surface area contributed by atoms with Crippen LogP contribution < -0.4 is 0 Å². The number of hydrogen-bond acceptors (Lipinski definition) is 5. The Morgan fingerprint density at radius 1 is 1.30 bits per heavy atom. The van der Waals surface area contributed by atoms with Gasteiger partial charge in [-0.1, -0.05) is 49.3 Å². The fraction of sp³-hybridized carbons (Fsp3) is 0.467. The Morgan fingerprint density at radius 2 is 2.00 bits per heavy atom. The summed E-state index contributed by atoms with van der Waals surface area (Å²) in [6, 6.07) is 9.45. The first-order chi connectivity index (χ1) is 9.67. The van der Waals surface area contributed by atoms with Crippen LogP contribution in [-0.4, -0.2) is 22.4 Å². The van der Waals surface area contributed by atoms with Crippen LogP contribution in [0.1, 0.15) is 55.7 Å². The van der Waals surface area contributed by atoms with Crippen molar-refractivity contribution in [1.82, 2.24) is 10.1 Å². The van der Waals surface area contributed by atoms with E-state index in [2.05, 4.69) is 10.1 Å². The highest BCUT2D eigenvalue weighted by molar-refractivity contribution is 5.20. The van der Waals surface area contributed by atoms with Crippen molar-refractivity contribution in [2.45, 2.75) is 38.4 Å². The zero-order valence-corrected chi connectivity index (χ0v) is 12.0. The lowest BCUT2D eigenvalue weighted by Crippen LogP contribution is -2.08. The number of aliphatic hydroxyl groups is 1. The molecule has 0 fully saturated rings. The van der Waals surface area contributed by atoms with Crippen LogP contribution in [0.4, 0.5) is 0 Å². The molecule has 0 saturated carbocycles. The highest BCUT2D eigenvalue weighted by Crippen LogP contribution is 2.30. The molecule has 0 aliphatic heterocycles. The monoisotopic (exact) mass is 276 g/mol. The van der Waals surface area contributed by atoms with Crippen molar-refractivity contribution in [3.8, 4) is 0 Å². The van der Waals surface area contributed by atoms with Gasteiger partial charge in [0.15, 0.2) is 0 Å². The van der Waals surface area contributed by atoms with Crippen molar-refractivity contribution < 1.29 is 14.4 Å². The second-order valence-corrected chi connectivity index (χ2v) is 4.77. The fourth-order valence-electron chi connectivity index (χ4n) is 2.09. The van der Waals surface area contributed by atoms with E-state index < -0.39 is 6.10 Å². The molecule has 1 N–H and O–H groups in total. The van der Waals surface area contributed by atoms with Gasteiger partial charge in [-0.05, 0) is 12.0 Å². The summed E-state index contributed by atoms with van der Waals surface area (Å²) in [7, 11) is 1.62. The van der Waals surface area contributed by atoms with Crippen LogP contribution in [-0.2, 0) is 4.74 Å². The van der Waals surface area contributed by atoms with Gasteiger partial charge in [0.1, 0.15) is 6.10 Å². The molecule has 3 atom stereocenters. The van der Waals surface area contributed by atoms with Crippen molar-refractivity contribution >= 4 is 0 Å². The summed E-state index contributed by atoms with van der Waals surface area (Å²) in [5.74, 6) is 0.678. The molecule has 0 bridgehead atoms. The summed E-state index contributed by atoms with van der Waals surface area (Å²) >= 11 is 0. The molecule has 0 amide bonds. The van der Waals surface area contributed by atoms with E-state index in [9.17, 15) is 5.11 Å². The molecular formula is C15H20N2O3. The molecule has 2 aromatic rings. The molecular weight excluding hydrogens is 256 g/mol. The van der Waals surface area contributed by atoms with Gasteiger partial charge in [0, 0.05) is 7.11 Å². The molecule has 1 heterocycles. The molecule has 20 heavy (non-hydrogen) atoms. The van der Waals surface area contributed by atoms with E-state index >= 15 is 0 Å². The Bertz CT molecular complexity index is 523. The quantitative estimate of drug-likeness (QED) is 0.878. The third-order valence-electron chi connectivity index (χ3n) is 3.40. The number of ether oxygens (including phenoxy) is 1. The number of methoxy groups -OCH3 is 1. The number of benzene rings is 1. The molecule has 0 saturated heterocycles. The third-order valence-corrected chi connectivity index (χ3v) is 3.40. The normalized spacial score (nSPS) is 15.8. The minimum Gasteiger partial charge on any atom is -0.388 e. The van der Waals surface area contributed by atoms with Gasteiger partial charge in [-0.2, -0.15) is 4.98 Å². The first-order valence-corrected chi connectivity index (χ1v) is 6.76. The summed E-state index contributed by atoms with van der Waals surface area (Å²) in [6.07, 6.45) is -0.0776. The first kappa shape index (κ1) is 14.7. The predicted octanol–water partition coefficient (Wildman–Crippen LogP) is 3.00. The average Bonchev–Trinajstić information content (AvgIpc) is 2.97. The SMILES string of the molecule is CCC(OC)c1noc(C(C)C(O)c2ccccc2)n1. The molecule has 1 aromatic heterocycles. The molecule has 5 heteroatoms. The summed E-state index contributed by atoms with van der Waals surface area (Å²) in [5, 5.41) is 14.3. The van der Waals surface area contributed by atoms with Crippen molar-refractivity contribution in [2.75, 3.05) is 7.11 Å². The van der Waals surface area contributed by atoms with Gasteiger partial charge >= 0.3 is 0 Å². The second-order valence-electron chi connectivity index (χ2n) is 4.77. The Hall–Kier alpha value is -1.72. The molecule has 2 rings (SSSR count). The Morgan fingerprint density at radius 3 is 2.60 bits per heavy atom. The summed E-state index contributed by atoms with van der Waals surface area (Å²) < 4.78 is 10.5. The van der Waals surface area contributed by atoms with E-state index in [0.29, 0.717) is 11.7 Å². The number of nitrogens with zero attached hydrogens (tertiary/aromatic N) is 2. The lowest BCUT2D eigenvalue weighted by molar-refractivity contribution is 0.0903. The van der Waals surface area contributed by atoms with Gasteiger partial charge in [0.25, 0.3) is 0 Å². The predicted molar refractivity (Wildman–Crippen MR) is 74.2 cm³/mol. The molecule has 0 radical (unpaired) electrons. The van der Waals surface area contributed by atoms with Gasteiger partial charge in [-0.15, -0.1) is 0 Å². The summed E-state index contributed by atoms with van der Waals surface area (Å²) in [5.41, 5.74) is 0.832. The molecule has 108 valence electrons. The van der Waals surface area contributed by atoms with E-state index in [1.54, 1.807) is 7.11 Å². The molecule has 0 aliphatic carbocycles.